The summed E-state index contributed by atoms with van der Waals surface area (Å²) >= 11 is 0. The first-order chi connectivity index (χ1) is 7.83. The van der Waals surface area contributed by atoms with Gasteiger partial charge in [-0.05, 0) is 19.3 Å². The molecule has 5 nitrogen and oxygen atoms in total. The molecule has 0 bridgehead atoms. The number of rotatable bonds is 2. The summed E-state index contributed by atoms with van der Waals surface area (Å²) in [6, 6.07) is 0.0395. The van der Waals surface area contributed by atoms with E-state index >= 15 is 0 Å². The van der Waals surface area contributed by atoms with Gasteiger partial charge in [-0.25, -0.2) is 0 Å². The molecule has 2 heterocycles. The molecule has 3 rings (SSSR count). The van der Waals surface area contributed by atoms with Crippen LogP contribution in [-0.2, 0) is 0 Å². The molecule has 2 atom stereocenters. The number of hydrogen-bond acceptors (Lipinski definition) is 5. The minimum atomic E-state index is -0.285. The van der Waals surface area contributed by atoms with Crippen LogP contribution in [0.4, 0.5) is 0 Å². The van der Waals surface area contributed by atoms with E-state index in [9.17, 15) is 5.11 Å². The molecule has 5 heteroatoms. The van der Waals surface area contributed by atoms with E-state index in [0.717, 1.165) is 5.82 Å². The number of hydrogen-bond donors (Lipinski definition) is 2. The summed E-state index contributed by atoms with van der Waals surface area (Å²) in [4.78, 5) is 4.46. The summed E-state index contributed by atoms with van der Waals surface area (Å²) in [5.41, 5.74) is 0. The second-order valence-corrected chi connectivity index (χ2v) is 4.82. The maximum absolute atomic E-state index is 9.43. The Balaban J connectivity index is 1.72. The molecule has 2 aliphatic rings. The molecule has 1 saturated carbocycles. The van der Waals surface area contributed by atoms with Crippen LogP contribution in [0.5, 0.6) is 0 Å². The Kier molecular flexibility index (Phi) is 2.65. The number of β-amino-alcohol motifs (C(OH)–C–C–N with tert-alkyl or cyclic N) is 1. The molecule has 2 fully saturated rings. The predicted molar refractivity (Wildman–Crippen MR) is 56.9 cm³/mol. The number of aromatic nitrogens is 2. The molecule has 88 valence electrons. The minimum absolute atomic E-state index is 0.0395. The molecule has 2 unspecified atom stereocenters. The molecule has 0 aromatic carbocycles. The van der Waals surface area contributed by atoms with Crippen molar-refractivity contribution < 1.29 is 9.63 Å². The molecule has 0 spiro atoms. The van der Waals surface area contributed by atoms with Crippen molar-refractivity contribution in [2.75, 3.05) is 6.54 Å². The highest BCUT2D eigenvalue weighted by molar-refractivity contribution is 5.02. The SMILES string of the molecule is OC1CNC(c2nc(C3CCCC3)no2)C1. The lowest BCUT2D eigenvalue weighted by atomic mass is 10.1. The van der Waals surface area contributed by atoms with Crippen molar-refractivity contribution in [2.45, 2.75) is 50.2 Å². The fraction of sp³-hybridized carbons (Fsp3) is 0.818. The molecular weight excluding hydrogens is 206 g/mol. The van der Waals surface area contributed by atoms with Crippen molar-refractivity contribution in [1.82, 2.24) is 15.5 Å². The molecule has 1 saturated heterocycles. The van der Waals surface area contributed by atoms with E-state index in [0.29, 0.717) is 24.8 Å². The van der Waals surface area contributed by atoms with E-state index in [1.54, 1.807) is 0 Å². The second-order valence-electron chi connectivity index (χ2n) is 4.82. The van der Waals surface area contributed by atoms with E-state index in [1.165, 1.54) is 25.7 Å². The third kappa shape index (κ3) is 1.85. The molecule has 1 aliphatic carbocycles. The standard InChI is InChI=1S/C11H17N3O2/c15-8-5-9(12-6-8)11-13-10(14-16-11)7-3-1-2-4-7/h7-9,12,15H,1-6H2. The lowest BCUT2D eigenvalue weighted by molar-refractivity contribution is 0.191. The monoisotopic (exact) mass is 223 g/mol. The predicted octanol–water partition coefficient (Wildman–Crippen LogP) is 1.12. The minimum Gasteiger partial charge on any atom is -0.392 e. The van der Waals surface area contributed by atoms with E-state index in [-0.39, 0.29) is 12.1 Å². The summed E-state index contributed by atoms with van der Waals surface area (Å²) in [7, 11) is 0. The van der Waals surface area contributed by atoms with E-state index in [4.69, 9.17) is 4.52 Å². The quantitative estimate of drug-likeness (QED) is 0.786. The van der Waals surface area contributed by atoms with Crippen LogP contribution < -0.4 is 5.32 Å². The fourth-order valence-corrected chi connectivity index (χ4v) is 2.64. The molecule has 1 aromatic rings. The van der Waals surface area contributed by atoms with Gasteiger partial charge in [0.05, 0.1) is 12.1 Å². The molecule has 0 amide bonds. The maximum Gasteiger partial charge on any atom is 0.243 e. The zero-order chi connectivity index (χ0) is 11.0. The van der Waals surface area contributed by atoms with Gasteiger partial charge in [-0.15, -0.1) is 0 Å². The van der Waals surface area contributed by atoms with Crippen LogP contribution >= 0.6 is 0 Å². The first-order valence-electron chi connectivity index (χ1n) is 6.08. The molecule has 16 heavy (non-hydrogen) atoms. The van der Waals surface area contributed by atoms with Crippen molar-refractivity contribution in [3.8, 4) is 0 Å². The zero-order valence-corrected chi connectivity index (χ0v) is 9.22. The van der Waals surface area contributed by atoms with E-state index in [2.05, 4.69) is 15.5 Å². The highest BCUT2D eigenvalue weighted by Crippen LogP contribution is 2.33. The zero-order valence-electron chi connectivity index (χ0n) is 9.22. The lowest BCUT2D eigenvalue weighted by Crippen LogP contribution is -2.15. The summed E-state index contributed by atoms with van der Waals surface area (Å²) in [5.74, 6) is 1.98. The van der Waals surface area contributed by atoms with E-state index in [1.807, 2.05) is 0 Å². The van der Waals surface area contributed by atoms with Gasteiger partial charge in [-0.1, -0.05) is 18.0 Å². The van der Waals surface area contributed by atoms with Crippen LogP contribution in [0.25, 0.3) is 0 Å². The van der Waals surface area contributed by atoms with Gasteiger partial charge in [0, 0.05) is 12.5 Å². The normalized spacial score (nSPS) is 31.3. The Bertz CT molecular complexity index is 360. The Hall–Kier alpha value is -0.940. The van der Waals surface area contributed by atoms with Gasteiger partial charge < -0.3 is 14.9 Å². The number of nitrogens with zero attached hydrogens (tertiary/aromatic N) is 2. The van der Waals surface area contributed by atoms with Crippen LogP contribution in [0, 0.1) is 0 Å². The highest BCUT2D eigenvalue weighted by Gasteiger charge is 2.29. The van der Waals surface area contributed by atoms with Crippen molar-refractivity contribution in [1.29, 1.82) is 0 Å². The lowest BCUT2D eigenvalue weighted by Gasteiger charge is -2.02. The van der Waals surface area contributed by atoms with Crippen LogP contribution in [-0.4, -0.2) is 27.9 Å². The molecule has 0 radical (unpaired) electrons. The third-order valence-electron chi connectivity index (χ3n) is 3.58. The van der Waals surface area contributed by atoms with Crippen LogP contribution in [0.1, 0.15) is 55.8 Å². The van der Waals surface area contributed by atoms with Crippen molar-refractivity contribution in [3.05, 3.63) is 11.7 Å². The van der Waals surface area contributed by atoms with Crippen molar-refractivity contribution in [2.24, 2.45) is 0 Å². The smallest absolute Gasteiger partial charge is 0.243 e. The Morgan fingerprint density at radius 1 is 1.31 bits per heavy atom. The first-order valence-corrected chi connectivity index (χ1v) is 6.08. The van der Waals surface area contributed by atoms with Crippen LogP contribution in [0.3, 0.4) is 0 Å². The molecule has 2 N–H and O–H groups in total. The fourth-order valence-electron chi connectivity index (χ4n) is 2.64. The van der Waals surface area contributed by atoms with Crippen LogP contribution in [0.15, 0.2) is 4.52 Å². The van der Waals surface area contributed by atoms with Gasteiger partial charge in [0.1, 0.15) is 0 Å². The number of aliphatic hydroxyl groups is 1. The van der Waals surface area contributed by atoms with Gasteiger partial charge in [0.2, 0.25) is 5.89 Å². The summed E-state index contributed by atoms with van der Waals surface area (Å²) in [6.45, 7) is 0.617. The molecule has 1 aliphatic heterocycles. The molecule has 1 aromatic heterocycles. The highest BCUT2D eigenvalue weighted by atomic mass is 16.5. The molecular formula is C11H17N3O2. The average molecular weight is 223 g/mol. The van der Waals surface area contributed by atoms with E-state index < -0.39 is 0 Å². The van der Waals surface area contributed by atoms with Gasteiger partial charge >= 0.3 is 0 Å². The van der Waals surface area contributed by atoms with Crippen molar-refractivity contribution in [3.63, 3.8) is 0 Å². The maximum atomic E-state index is 9.43. The number of aliphatic hydroxyl groups excluding tert-OH is 1. The summed E-state index contributed by atoms with van der Waals surface area (Å²) in [6.07, 6.45) is 5.29. The summed E-state index contributed by atoms with van der Waals surface area (Å²) in [5, 5.41) is 16.7. The second kappa shape index (κ2) is 4.14. The Morgan fingerprint density at radius 3 is 2.81 bits per heavy atom. The van der Waals surface area contributed by atoms with Gasteiger partial charge in [0.25, 0.3) is 0 Å². The van der Waals surface area contributed by atoms with Crippen LogP contribution in [0.2, 0.25) is 0 Å². The number of nitrogens with one attached hydrogen (secondary N) is 1. The average Bonchev–Trinajstić information content (AvgIpc) is 2.97. The first kappa shape index (κ1) is 10.2. The van der Waals surface area contributed by atoms with Crippen molar-refractivity contribution >= 4 is 0 Å². The van der Waals surface area contributed by atoms with Gasteiger partial charge in [-0.3, -0.25) is 0 Å². The van der Waals surface area contributed by atoms with Gasteiger partial charge in [-0.2, -0.15) is 4.98 Å². The van der Waals surface area contributed by atoms with Gasteiger partial charge in [0.15, 0.2) is 5.82 Å². The Labute approximate surface area is 94.2 Å². The topological polar surface area (TPSA) is 71.2 Å². The summed E-state index contributed by atoms with van der Waals surface area (Å²) < 4.78 is 5.27. The third-order valence-corrected chi connectivity index (χ3v) is 3.58. The Morgan fingerprint density at radius 2 is 2.12 bits per heavy atom. The largest absolute Gasteiger partial charge is 0.392 e.